The molecule has 0 aliphatic rings. The molecule has 2 aromatic rings. The Morgan fingerprint density at radius 2 is 1.79 bits per heavy atom. The Morgan fingerprint density at radius 3 is 2.38 bits per heavy atom. The van der Waals surface area contributed by atoms with Gasteiger partial charge in [0.2, 0.25) is 0 Å². The second-order valence-electron chi connectivity index (χ2n) is 6.12. The van der Waals surface area contributed by atoms with Crippen LogP contribution in [0.5, 0.6) is 5.75 Å². The van der Waals surface area contributed by atoms with Crippen LogP contribution in [0.25, 0.3) is 5.57 Å². The maximum atomic E-state index is 5.39. The van der Waals surface area contributed by atoms with Crippen LogP contribution in [-0.4, -0.2) is 32.6 Å². The second-order valence-corrected chi connectivity index (χ2v) is 6.12. The van der Waals surface area contributed by atoms with Crippen LogP contribution >= 0.6 is 12.4 Å². The first-order valence-corrected chi connectivity index (χ1v) is 8.13. The molecule has 1 atom stereocenters. The van der Waals surface area contributed by atoms with Crippen LogP contribution in [-0.2, 0) is 6.42 Å². The quantitative estimate of drug-likeness (QED) is 0.704. The molecule has 130 valence electrons. The van der Waals surface area contributed by atoms with Crippen molar-refractivity contribution in [3.05, 3.63) is 71.8 Å². The van der Waals surface area contributed by atoms with E-state index in [0.29, 0.717) is 5.92 Å². The molecular weight excluding hydrogens is 318 g/mol. The summed E-state index contributed by atoms with van der Waals surface area (Å²) in [5.74, 6) is 1.36. The standard InChI is InChI=1S/C21H27NO.ClH/c1-5-21(18-12-9-13-20(15-18)23-4)19(16-22(2)3)14-17-10-7-6-8-11-17;/h5-13,15,19H,14,16H2,1-4H3;1H/b21-5-;. The predicted molar refractivity (Wildman–Crippen MR) is 106 cm³/mol. The van der Waals surface area contributed by atoms with E-state index in [1.54, 1.807) is 7.11 Å². The maximum absolute atomic E-state index is 5.39. The lowest BCUT2D eigenvalue weighted by atomic mass is 9.86. The number of hydrogen-bond acceptors (Lipinski definition) is 2. The van der Waals surface area contributed by atoms with Crippen molar-refractivity contribution in [2.24, 2.45) is 5.92 Å². The molecule has 0 radical (unpaired) electrons. The zero-order chi connectivity index (χ0) is 16.7. The second kappa shape index (κ2) is 10.2. The number of allylic oxidation sites excluding steroid dienone is 1. The Kier molecular flexibility index (Phi) is 8.59. The van der Waals surface area contributed by atoms with Crippen LogP contribution in [0.3, 0.4) is 0 Å². The molecule has 0 amide bonds. The van der Waals surface area contributed by atoms with Gasteiger partial charge in [0.1, 0.15) is 5.75 Å². The van der Waals surface area contributed by atoms with Gasteiger partial charge in [-0.3, -0.25) is 0 Å². The molecular formula is C21H28ClNO. The highest BCUT2D eigenvalue weighted by molar-refractivity contribution is 5.85. The molecule has 0 saturated carbocycles. The zero-order valence-electron chi connectivity index (χ0n) is 15.0. The summed E-state index contributed by atoms with van der Waals surface area (Å²) in [5, 5.41) is 0. The third kappa shape index (κ3) is 5.70. The van der Waals surface area contributed by atoms with Gasteiger partial charge in [0.05, 0.1) is 7.11 Å². The van der Waals surface area contributed by atoms with Gasteiger partial charge in [-0.1, -0.05) is 48.5 Å². The van der Waals surface area contributed by atoms with E-state index >= 15 is 0 Å². The zero-order valence-corrected chi connectivity index (χ0v) is 15.8. The van der Waals surface area contributed by atoms with Crippen molar-refractivity contribution < 1.29 is 4.74 Å². The Bertz CT molecular complexity index is 637. The monoisotopic (exact) mass is 345 g/mol. The van der Waals surface area contributed by atoms with Gasteiger partial charge in [-0.25, -0.2) is 0 Å². The summed E-state index contributed by atoms with van der Waals surface area (Å²) < 4.78 is 5.39. The fourth-order valence-corrected chi connectivity index (χ4v) is 3.05. The molecule has 2 aromatic carbocycles. The van der Waals surface area contributed by atoms with Crippen LogP contribution in [0.2, 0.25) is 0 Å². The van der Waals surface area contributed by atoms with E-state index in [-0.39, 0.29) is 12.4 Å². The van der Waals surface area contributed by atoms with Crippen LogP contribution in [0, 0.1) is 5.92 Å². The third-order valence-electron chi connectivity index (χ3n) is 4.06. The molecule has 1 unspecified atom stereocenters. The summed E-state index contributed by atoms with van der Waals surface area (Å²) >= 11 is 0. The van der Waals surface area contributed by atoms with Crippen molar-refractivity contribution in [1.82, 2.24) is 4.90 Å². The minimum absolute atomic E-state index is 0. The lowest BCUT2D eigenvalue weighted by molar-refractivity contribution is 0.363. The normalized spacial score (nSPS) is 12.6. The van der Waals surface area contributed by atoms with Gasteiger partial charge in [0.15, 0.2) is 0 Å². The lowest BCUT2D eigenvalue weighted by Crippen LogP contribution is -2.24. The summed E-state index contributed by atoms with van der Waals surface area (Å²) in [6, 6.07) is 19.1. The van der Waals surface area contributed by atoms with Gasteiger partial charge in [0, 0.05) is 12.5 Å². The minimum Gasteiger partial charge on any atom is -0.497 e. The van der Waals surface area contributed by atoms with Gasteiger partial charge >= 0.3 is 0 Å². The van der Waals surface area contributed by atoms with Crippen LogP contribution in [0.1, 0.15) is 18.1 Å². The van der Waals surface area contributed by atoms with Crippen LogP contribution in [0.4, 0.5) is 0 Å². The molecule has 0 spiro atoms. The number of ether oxygens (including phenoxy) is 1. The lowest BCUT2D eigenvalue weighted by Gasteiger charge is -2.25. The molecule has 24 heavy (non-hydrogen) atoms. The number of benzene rings is 2. The summed E-state index contributed by atoms with van der Waals surface area (Å²) in [5.41, 5.74) is 4.00. The van der Waals surface area contributed by atoms with E-state index in [2.05, 4.69) is 80.5 Å². The van der Waals surface area contributed by atoms with Crippen LogP contribution in [0.15, 0.2) is 60.7 Å². The molecule has 0 aliphatic carbocycles. The van der Waals surface area contributed by atoms with Crippen LogP contribution < -0.4 is 4.74 Å². The summed E-state index contributed by atoms with van der Waals surface area (Å²) in [6.07, 6.45) is 3.28. The number of hydrogen-bond donors (Lipinski definition) is 0. The number of nitrogens with zero attached hydrogens (tertiary/aromatic N) is 1. The van der Waals surface area contributed by atoms with Crippen molar-refractivity contribution in [1.29, 1.82) is 0 Å². The first kappa shape index (κ1) is 20.3. The van der Waals surface area contributed by atoms with Gasteiger partial charge < -0.3 is 9.64 Å². The molecule has 0 N–H and O–H groups in total. The largest absolute Gasteiger partial charge is 0.497 e. The number of halogens is 1. The topological polar surface area (TPSA) is 12.5 Å². The Balaban J connectivity index is 0.00000288. The van der Waals surface area contributed by atoms with Gasteiger partial charge in [-0.15, -0.1) is 12.4 Å². The SMILES string of the molecule is C/C=C(/c1cccc(OC)c1)C(Cc1ccccc1)CN(C)C.Cl. The molecule has 0 fully saturated rings. The van der Waals surface area contributed by atoms with Gasteiger partial charge in [0.25, 0.3) is 0 Å². The highest BCUT2D eigenvalue weighted by atomic mass is 35.5. The molecule has 2 rings (SSSR count). The summed E-state index contributed by atoms with van der Waals surface area (Å²) in [6.45, 7) is 3.15. The van der Waals surface area contributed by atoms with E-state index in [4.69, 9.17) is 4.74 Å². The molecule has 2 nitrogen and oxygen atoms in total. The predicted octanol–water partition coefficient (Wildman–Crippen LogP) is 4.94. The Labute approximate surface area is 152 Å². The van der Waals surface area contributed by atoms with Crippen molar-refractivity contribution in [3.8, 4) is 5.75 Å². The fraction of sp³-hybridized carbons (Fsp3) is 0.333. The maximum Gasteiger partial charge on any atom is 0.119 e. The first-order valence-electron chi connectivity index (χ1n) is 8.13. The smallest absolute Gasteiger partial charge is 0.119 e. The van der Waals surface area contributed by atoms with E-state index in [1.807, 2.05) is 6.07 Å². The molecule has 0 heterocycles. The van der Waals surface area contributed by atoms with E-state index in [0.717, 1.165) is 18.7 Å². The average Bonchev–Trinajstić information content (AvgIpc) is 2.56. The van der Waals surface area contributed by atoms with E-state index in [9.17, 15) is 0 Å². The van der Waals surface area contributed by atoms with Gasteiger partial charge in [-0.05, 0) is 56.3 Å². The highest BCUT2D eigenvalue weighted by Crippen LogP contribution is 2.29. The number of methoxy groups -OCH3 is 1. The van der Waals surface area contributed by atoms with Crippen molar-refractivity contribution in [3.63, 3.8) is 0 Å². The highest BCUT2D eigenvalue weighted by Gasteiger charge is 2.17. The minimum atomic E-state index is 0. The van der Waals surface area contributed by atoms with Crippen molar-refractivity contribution in [2.75, 3.05) is 27.7 Å². The van der Waals surface area contributed by atoms with Crippen molar-refractivity contribution in [2.45, 2.75) is 13.3 Å². The van der Waals surface area contributed by atoms with E-state index in [1.165, 1.54) is 16.7 Å². The van der Waals surface area contributed by atoms with Gasteiger partial charge in [-0.2, -0.15) is 0 Å². The molecule has 0 aliphatic heterocycles. The average molecular weight is 346 g/mol. The first-order chi connectivity index (χ1) is 11.1. The Hall–Kier alpha value is -1.77. The summed E-state index contributed by atoms with van der Waals surface area (Å²) in [4.78, 5) is 2.26. The summed E-state index contributed by atoms with van der Waals surface area (Å²) in [7, 11) is 5.99. The third-order valence-corrected chi connectivity index (χ3v) is 4.06. The van der Waals surface area contributed by atoms with E-state index < -0.39 is 0 Å². The Morgan fingerprint density at radius 1 is 1.08 bits per heavy atom. The number of rotatable bonds is 7. The molecule has 0 saturated heterocycles. The molecule has 0 bridgehead atoms. The molecule has 3 heteroatoms. The van der Waals surface area contributed by atoms with Crippen molar-refractivity contribution >= 4 is 18.0 Å². The fourth-order valence-electron chi connectivity index (χ4n) is 3.05. The molecule has 0 aromatic heterocycles.